The summed E-state index contributed by atoms with van der Waals surface area (Å²) in [4.78, 5) is 2.57. The molecule has 0 fully saturated rings. The molecule has 1 aliphatic rings. The number of para-hydroxylation sites is 2. The first-order valence-corrected chi connectivity index (χ1v) is 6.56. The van der Waals surface area contributed by atoms with Crippen molar-refractivity contribution in [3.05, 3.63) is 48.0 Å². The zero-order chi connectivity index (χ0) is 11.7. The quantitative estimate of drug-likeness (QED) is 0.723. The van der Waals surface area contributed by atoms with Gasteiger partial charge in [0, 0.05) is 9.79 Å². The van der Waals surface area contributed by atoms with Crippen molar-refractivity contribution in [2.75, 3.05) is 11.9 Å². The molecule has 3 N–H and O–H groups in total. The summed E-state index contributed by atoms with van der Waals surface area (Å²) in [5.41, 5.74) is 9.36. The normalized spacial score (nSPS) is 12.5. The van der Waals surface area contributed by atoms with Crippen molar-refractivity contribution in [1.29, 1.82) is 0 Å². The van der Waals surface area contributed by atoms with Gasteiger partial charge in [-0.3, -0.25) is 0 Å². The fourth-order valence-corrected chi connectivity index (χ4v) is 3.12. The van der Waals surface area contributed by atoms with E-state index in [1.807, 2.05) is 11.8 Å². The summed E-state index contributed by atoms with van der Waals surface area (Å²) in [5, 5.41) is 3.52. The van der Waals surface area contributed by atoms with Crippen LogP contribution < -0.4 is 11.1 Å². The van der Waals surface area contributed by atoms with Gasteiger partial charge in [0.15, 0.2) is 0 Å². The third-order valence-corrected chi connectivity index (χ3v) is 4.03. The molecule has 86 valence electrons. The predicted octanol–water partition coefficient (Wildman–Crippen LogP) is 3.40. The van der Waals surface area contributed by atoms with Crippen LogP contribution in [0.5, 0.6) is 0 Å². The molecule has 2 aromatic rings. The van der Waals surface area contributed by atoms with E-state index in [1.54, 1.807) is 0 Å². The fraction of sp³-hybridized carbons (Fsp3) is 0.143. The van der Waals surface area contributed by atoms with Gasteiger partial charge in [0.05, 0.1) is 11.4 Å². The molecule has 17 heavy (non-hydrogen) atoms. The number of nitrogens with one attached hydrogen (secondary N) is 1. The first-order chi connectivity index (χ1) is 8.38. The first kappa shape index (κ1) is 10.7. The molecule has 0 spiro atoms. The van der Waals surface area contributed by atoms with Gasteiger partial charge in [-0.25, -0.2) is 0 Å². The van der Waals surface area contributed by atoms with Crippen LogP contribution in [-0.4, -0.2) is 6.54 Å². The molecule has 1 aliphatic heterocycles. The van der Waals surface area contributed by atoms with Crippen molar-refractivity contribution >= 4 is 23.1 Å². The highest BCUT2D eigenvalue weighted by Gasteiger charge is 2.17. The lowest BCUT2D eigenvalue weighted by molar-refractivity contribution is 0.964. The second-order valence-corrected chi connectivity index (χ2v) is 5.14. The zero-order valence-electron chi connectivity index (χ0n) is 9.44. The highest BCUT2D eigenvalue weighted by molar-refractivity contribution is 7.99. The maximum absolute atomic E-state index is 5.65. The van der Waals surface area contributed by atoms with Crippen LogP contribution >= 0.6 is 11.8 Å². The summed E-state index contributed by atoms with van der Waals surface area (Å²) < 4.78 is 0. The Labute approximate surface area is 105 Å². The van der Waals surface area contributed by atoms with Crippen molar-refractivity contribution < 1.29 is 0 Å². The molecule has 0 atom stereocenters. The molecule has 0 aliphatic carbocycles. The Morgan fingerprint density at radius 3 is 2.71 bits per heavy atom. The molecule has 3 rings (SSSR count). The Hall–Kier alpha value is -1.45. The van der Waals surface area contributed by atoms with Gasteiger partial charge in [-0.05, 0) is 36.7 Å². The zero-order valence-corrected chi connectivity index (χ0v) is 10.3. The maximum Gasteiger partial charge on any atom is 0.0559 e. The van der Waals surface area contributed by atoms with Crippen molar-refractivity contribution in [2.45, 2.75) is 16.2 Å². The van der Waals surface area contributed by atoms with Gasteiger partial charge in [0.2, 0.25) is 0 Å². The molecule has 2 nitrogen and oxygen atoms in total. The number of hydrogen-bond acceptors (Lipinski definition) is 3. The van der Waals surface area contributed by atoms with Gasteiger partial charge in [-0.2, -0.15) is 0 Å². The van der Waals surface area contributed by atoms with Crippen molar-refractivity contribution in [3.63, 3.8) is 0 Å². The largest absolute Gasteiger partial charge is 0.353 e. The highest BCUT2D eigenvalue weighted by atomic mass is 32.2. The van der Waals surface area contributed by atoms with Gasteiger partial charge in [-0.1, -0.05) is 36.0 Å². The summed E-state index contributed by atoms with van der Waals surface area (Å²) in [7, 11) is 0. The summed E-state index contributed by atoms with van der Waals surface area (Å²) >= 11 is 1.82. The highest BCUT2D eigenvalue weighted by Crippen LogP contribution is 2.45. The van der Waals surface area contributed by atoms with Crippen molar-refractivity contribution in [3.8, 4) is 0 Å². The second kappa shape index (κ2) is 4.43. The Balaban J connectivity index is 2.05. The Bertz CT molecular complexity index is 552. The van der Waals surface area contributed by atoms with E-state index in [4.69, 9.17) is 5.73 Å². The monoisotopic (exact) mass is 242 g/mol. The van der Waals surface area contributed by atoms with Gasteiger partial charge in [0.1, 0.15) is 0 Å². The minimum absolute atomic E-state index is 0.685. The molecule has 0 amide bonds. The standard InChI is InChI=1S/C14H14N2S/c15-9-8-10-4-3-7-13-14(10)16-11-5-1-2-6-12(11)17-13/h1-7,16H,8-9,15H2. The molecule has 0 bridgehead atoms. The lowest BCUT2D eigenvalue weighted by Crippen LogP contribution is -2.08. The topological polar surface area (TPSA) is 38.0 Å². The minimum atomic E-state index is 0.685. The number of fused-ring (bicyclic) bond motifs is 2. The summed E-state index contributed by atoms with van der Waals surface area (Å²) in [6.07, 6.45) is 0.916. The fourth-order valence-electron chi connectivity index (χ4n) is 2.08. The average Bonchev–Trinajstić information content (AvgIpc) is 2.37. The van der Waals surface area contributed by atoms with Crippen LogP contribution in [0, 0.1) is 0 Å². The summed E-state index contributed by atoms with van der Waals surface area (Å²) in [6.45, 7) is 0.685. The minimum Gasteiger partial charge on any atom is -0.353 e. The van der Waals surface area contributed by atoms with Gasteiger partial charge < -0.3 is 11.1 Å². The van der Waals surface area contributed by atoms with E-state index in [9.17, 15) is 0 Å². The third-order valence-electron chi connectivity index (χ3n) is 2.89. The van der Waals surface area contributed by atoms with Crippen LogP contribution in [0.2, 0.25) is 0 Å². The Morgan fingerprint density at radius 1 is 1.00 bits per heavy atom. The molecule has 1 heterocycles. The number of anilines is 2. The van der Waals surface area contributed by atoms with E-state index in [1.165, 1.54) is 26.7 Å². The van der Waals surface area contributed by atoms with Gasteiger partial charge >= 0.3 is 0 Å². The second-order valence-electron chi connectivity index (χ2n) is 4.05. The van der Waals surface area contributed by atoms with E-state index in [0.29, 0.717) is 6.54 Å². The van der Waals surface area contributed by atoms with Crippen LogP contribution in [0.15, 0.2) is 52.3 Å². The van der Waals surface area contributed by atoms with E-state index >= 15 is 0 Å². The van der Waals surface area contributed by atoms with E-state index in [-0.39, 0.29) is 0 Å². The number of nitrogens with two attached hydrogens (primary N) is 1. The smallest absolute Gasteiger partial charge is 0.0559 e. The SMILES string of the molecule is NCCc1cccc2c1Nc1ccccc1S2. The lowest BCUT2D eigenvalue weighted by Gasteiger charge is -2.23. The van der Waals surface area contributed by atoms with Gasteiger partial charge in [-0.15, -0.1) is 0 Å². The molecular weight excluding hydrogens is 228 g/mol. The molecule has 0 saturated carbocycles. The summed E-state index contributed by atoms with van der Waals surface area (Å²) in [5.74, 6) is 0. The maximum atomic E-state index is 5.65. The average molecular weight is 242 g/mol. The Kier molecular flexibility index (Phi) is 2.79. The van der Waals surface area contributed by atoms with E-state index in [0.717, 1.165) is 6.42 Å². The molecular formula is C14H14N2S. The number of rotatable bonds is 2. The third kappa shape index (κ3) is 1.92. The number of benzene rings is 2. The van der Waals surface area contributed by atoms with Crippen LogP contribution in [0.4, 0.5) is 11.4 Å². The van der Waals surface area contributed by atoms with Crippen molar-refractivity contribution in [1.82, 2.24) is 0 Å². The lowest BCUT2D eigenvalue weighted by atomic mass is 10.1. The van der Waals surface area contributed by atoms with Crippen LogP contribution in [0.1, 0.15) is 5.56 Å². The molecule has 0 aromatic heterocycles. The number of hydrogen-bond donors (Lipinski definition) is 2. The van der Waals surface area contributed by atoms with Gasteiger partial charge in [0.25, 0.3) is 0 Å². The van der Waals surface area contributed by atoms with E-state index < -0.39 is 0 Å². The van der Waals surface area contributed by atoms with Crippen LogP contribution in [0.25, 0.3) is 0 Å². The molecule has 0 radical (unpaired) electrons. The first-order valence-electron chi connectivity index (χ1n) is 5.74. The predicted molar refractivity (Wildman–Crippen MR) is 73.0 cm³/mol. The van der Waals surface area contributed by atoms with E-state index in [2.05, 4.69) is 47.8 Å². The molecule has 0 saturated heterocycles. The van der Waals surface area contributed by atoms with Crippen LogP contribution in [0.3, 0.4) is 0 Å². The molecule has 2 aromatic carbocycles. The Morgan fingerprint density at radius 2 is 1.82 bits per heavy atom. The van der Waals surface area contributed by atoms with Crippen molar-refractivity contribution in [2.24, 2.45) is 5.73 Å². The van der Waals surface area contributed by atoms with Crippen LogP contribution in [-0.2, 0) is 6.42 Å². The molecule has 0 unspecified atom stereocenters. The molecule has 3 heteroatoms. The summed E-state index contributed by atoms with van der Waals surface area (Å²) in [6, 6.07) is 14.8.